The molecule has 0 aromatic carbocycles. The fraction of sp³-hybridized carbons (Fsp3) is 0.636. The Morgan fingerprint density at radius 3 is 2.94 bits per heavy atom. The van der Waals surface area contributed by atoms with Gasteiger partial charge in [-0.05, 0) is 12.8 Å². The smallest absolute Gasteiger partial charge is 0.319 e. The van der Waals surface area contributed by atoms with E-state index in [0.717, 1.165) is 13.0 Å². The maximum atomic E-state index is 11.5. The molecular weight excluding hydrogens is 220 g/mol. The summed E-state index contributed by atoms with van der Waals surface area (Å²) in [5, 5.41) is 18.4. The Balaban J connectivity index is 2.44. The predicted octanol–water partition coefficient (Wildman–Crippen LogP) is 1.19. The number of hydrogen-bond acceptors (Lipinski definition) is 3. The number of nitrogens with one attached hydrogen (secondary N) is 2. The van der Waals surface area contributed by atoms with E-state index in [1.807, 2.05) is 6.92 Å². The van der Waals surface area contributed by atoms with Gasteiger partial charge in [0.25, 0.3) is 0 Å². The summed E-state index contributed by atoms with van der Waals surface area (Å²) in [6, 6.07) is -0.525. The Labute approximate surface area is 101 Å². The Morgan fingerprint density at radius 2 is 2.35 bits per heavy atom. The van der Waals surface area contributed by atoms with Crippen molar-refractivity contribution >= 4 is 11.7 Å². The van der Waals surface area contributed by atoms with Gasteiger partial charge in [-0.2, -0.15) is 5.10 Å². The molecule has 0 bridgehead atoms. The van der Waals surface area contributed by atoms with Crippen molar-refractivity contribution < 1.29 is 9.90 Å². The van der Waals surface area contributed by atoms with Crippen molar-refractivity contribution in [1.82, 2.24) is 15.1 Å². The van der Waals surface area contributed by atoms with Gasteiger partial charge < -0.3 is 15.7 Å². The van der Waals surface area contributed by atoms with Gasteiger partial charge >= 0.3 is 6.03 Å². The average Bonchev–Trinajstić information content (AvgIpc) is 2.74. The summed E-state index contributed by atoms with van der Waals surface area (Å²) < 4.78 is 1.78. The third kappa shape index (κ3) is 4.44. The van der Waals surface area contributed by atoms with E-state index in [0.29, 0.717) is 12.1 Å². The number of aliphatic hydroxyl groups excluding tert-OH is 1. The lowest BCUT2D eigenvalue weighted by molar-refractivity contribution is 0.222. The minimum Gasteiger partial charge on any atom is -0.394 e. The van der Waals surface area contributed by atoms with E-state index in [2.05, 4.69) is 22.7 Å². The van der Waals surface area contributed by atoms with Crippen molar-refractivity contribution in [2.75, 3.05) is 11.9 Å². The van der Waals surface area contributed by atoms with E-state index in [1.54, 1.807) is 17.1 Å². The molecule has 17 heavy (non-hydrogen) atoms. The van der Waals surface area contributed by atoms with E-state index in [4.69, 9.17) is 5.11 Å². The third-order valence-electron chi connectivity index (χ3n) is 2.39. The van der Waals surface area contributed by atoms with Crippen molar-refractivity contribution in [1.29, 1.82) is 0 Å². The Morgan fingerprint density at radius 1 is 1.59 bits per heavy atom. The Kier molecular flexibility index (Phi) is 5.48. The first kappa shape index (κ1) is 13.5. The number of aromatic nitrogens is 2. The summed E-state index contributed by atoms with van der Waals surface area (Å²) in [6.07, 6.45) is 5.08. The SMILES string of the molecule is CCCn1cc(NC(=O)NC(CC)CO)cn1. The second-order valence-corrected chi connectivity index (χ2v) is 3.88. The first-order valence-electron chi connectivity index (χ1n) is 5.90. The standard InChI is InChI=1S/C11H20N4O2/c1-3-5-15-7-10(6-12-15)14-11(17)13-9(4-2)8-16/h6-7,9,16H,3-5,8H2,1-2H3,(H2,13,14,17). The highest BCUT2D eigenvalue weighted by atomic mass is 16.3. The van der Waals surface area contributed by atoms with Gasteiger partial charge in [-0.1, -0.05) is 13.8 Å². The molecule has 1 atom stereocenters. The summed E-state index contributed by atoms with van der Waals surface area (Å²) in [4.78, 5) is 11.5. The molecule has 0 aliphatic heterocycles. The number of amides is 2. The zero-order valence-electron chi connectivity index (χ0n) is 10.3. The van der Waals surface area contributed by atoms with Crippen LogP contribution in [0.2, 0.25) is 0 Å². The molecule has 96 valence electrons. The normalized spacial score (nSPS) is 12.2. The molecule has 1 aromatic heterocycles. The van der Waals surface area contributed by atoms with Gasteiger partial charge in [-0.3, -0.25) is 4.68 Å². The quantitative estimate of drug-likeness (QED) is 0.698. The number of carbonyl (C=O) groups is 1. The molecule has 0 spiro atoms. The van der Waals surface area contributed by atoms with Crippen molar-refractivity contribution in [2.45, 2.75) is 39.3 Å². The molecule has 1 rings (SSSR count). The maximum Gasteiger partial charge on any atom is 0.319 e. The first-order chi connectivity index (χ1) is 8.19. The largest absolute Gasteiger partial charge is 0.394 e. The zero-order valence-corrected chi connectivity index (χ0v) is 10.3. The fourth-order valence-electron chi connectivity index (χ4n) is 1.41. The van der Waals surface area contributed by atoms with Crippen LogP contribution in [0.25, 0.3) is 0 Å². The number of urea groups is 1. The predicted molar refractivity (Wildman–Crippen MR) is 65.8 cm³/mol. The van der Waals surface area contributed by atoms with E-state index in [-0.39, 0.29) is 18.7 Å². The van der Waals surface area contributed by atoms with Crippen LogP contribution in [0, 0.1) is 0 Å². The van der Waals surface area contributed by atoms with E-state index >= 15 is 0 Å². The first-order valence-corrected chi connectivity index (χ1v) is 5.90. The number of aliphatic hydroxyl groups is 1. The molecule has 0 aliphatic rings. The van der Waals surface area contributed by atoms with Crippen LogP contribution >= 0.6 is 0 Å². The highest BCUT2D eigenvalue weighted by Crippen LogP contribution is 2.05. The summed E-state index contributed by atoms with van der Waals surface area (Å²) in [7, 11) is 0. The zero-order chi connectivity index (χ0) is 12.7. The van der Waals surface area contributed by atoms with Gasteiger partial charge in [0, 0.05) is 12.7 Å². The summed E-state index contributed by atoms with van der Waals surface area (Å²) in [5.74, 6) is 0. The van der Waals surface area contributed by atoms with Gasteiger partial charge in [0.15, 0.2) is 0 Å². The van der Waals surface area contributed by atoms with Crippen molar-refractivity contribution in [2.24, 2.45) is 0 Å². The Hall–Kier alpha value is -1.56. The van der Waals surface area contributed by atoms with Crippen LogP contribution in [0.5, 0.6) is 0 Å². The van der Waals surface area contributed by atoms with Crippen LogP contribution in [0.15, 0.2) is 12.4 Å². The van der Waals surface area contributed by atoms with Gasteiger partial charge in [0.1, 0.15) is 0 Å². The molecule has 0 saturated heterocycles. The monoisotopic (exact) mass is 240 g/mol. The van der Waals surface area contributed by atoms with Crippen molar-refractivity contribution in [3.8, 4) is 0 Å². The number of aryl methyl sites for hydroxylation is 1. The minimum absolute atomic E-state index is 0.0565. The van der Waals surface area contributed by atoms with Crippen LogP contribution in [-0.2, 0) is 6.54 Å². The van der Waals surface area contributed by atoms with Crippen LogP contribution in [0.4, 0.5) is 10.5 Å². The molecule has 6 nitrogen and oxygen atoms in total. The molecule has 0 aliphatic carbocycles. The molecule has 1 heterocycles. The van der Waals surface area contributed by atoms with Gasteiger partial charge in [-0.15, -0.1) is 0 Å². The number of rotatable bonds is 6. The fourth-order valence-corrected chi connectivity index (χ4v) is 1.41. The van der Waals surface area contributed by atoms with E-state index < -0.39 is 0 Å². The van der Waals surface area contributed by atoms with E-state index in [1.165, 1.54) is 0 Å². The van der Waals surface area contributed by atoms with Crippen LogP contribution in [0.1, 0.15) is 26.7 Å². The molecule has 3 N–H and O–H groups in total. The molecule has 0 radical (unpaired) electrons. The molecule has 1 unspecified atom stereocenters. The molecule has 6 heteroatoms. The number of anilines is 1. The topological polar surface area (TPSA) is 79.2 Å². The van der Waals surface area contributed by atoms with E-state index in [9.17, 15) is 4.79 Å². The van der Waals surface area contributed by atoms with Crippen LogP contribution in [0.3, 0.4) is 0 Å². The highest BCUT2D eigenvalue weighted by molar-refractivity contribution is 5.89. The Bertz CT molecular complexity index is 347. The lowest BCUT2D eigenvalue weighted by Crippen LogP contribution is -2.39. The maximum absolute atomic E-state index is 11.5. The molecule has 1 aromatic rings. The van der Waals surface area contributed by atoms with Gasteiger partial charge in [-0.25, -0.2) is 4.79 Å². The summed E-state index contributed by atoms with van der Waals surface area (Å²) in [6.45, 7) is 4.74. The van der Waals surface area contributed by atoms with Gasteiger partial charge in [0.05, 0.1) is 24.5 Å². The molecule has 0 fully saturated rings. The third-order valence-corrected chi connectivity index (χ3v) is 2.39. The number of nitrogens with zero attached hydrogens (tertiary/aromatic N) is 2. The lowest BCUT2D eigenvalue weighted by Gasteiger charge is -2.13. The number of carbonyl (C=O) groups excluding carboxylic acids is 1. The van der Waals surface area contributed by atoms with Crippen LogP contribution < -0.4 is 10.6 Å². The lowest BCUT2D eigenvalue weighted by atomic mass is 10.2. The molecule has 2 amide bonds. The molecular formula is C11H20N4O2. The molecule has 0 saturated carbocycles. The second-order valence-electron chi connectivity index (χ2n) is 3.88. The minimum atomic E-state index is -0.318. The summed E-state index contributed by atoms with van der Waals surface area (Å²) >= 11 is 0. The van der Waals surface area contributed by atoms with Crippen LogP contribution in [-0.4, -0.2) is 33.6 Å². The summed E-state index contributed by atoms with van der Waals surface area (Å²) in [5.41, 5.74) is 0.656. The second kappa shape index (κ2) is 6.90. The van der Waals surface area contributed by atoms with Gasteiger partial charge in [0.2, 0.25) is 0 Å². The number of hydrogen-bond donors (Lipinski definition) is 3. The van der Waals surface area contributed by atoms with Crippen molar-refractivity contribution in [3.05, 3.63) is 12.4 Å². The highest BCUT2D eigenvalue weighted by Gasteiger charge is 2.09. The average molecular weight is 240 g/mol. The van der Waals surface area contributed by atoms with Crippen molar-refractivity contribution in [3.63, 3.8) is 0 Å².